The van der Waals surface area contributed by atoms with E-state index in [1.807, 2.05) is 6.26 Å². The molecule has 0 aliphatic carbocycles. The number of rotatable bonds is 3. The molecule has 0 saturated carbocycles. The van der Waals surface area contributed by atoms with E-state index in [9.17, 15) is 14.9 Å². The van der Waals surface area contributed by atoms with Crippen molar-refractivity contribution in [1.29, 1.82) is 0 Å². The molecule has 7 heteroatoms. The SMILES string of the molecule is CSc1ccc([N+](=O)[O-])c(C(=O)N2CCC(N)CC2)c1. The van der Waals surface area contributed by atoms with Gasteiger partial charge in [-0.25, -0.2) is 0 Å². The van der Waals surface area contributed by atoms with Crippen molar-refractivity contribution in [3.63, 3.8) is 0 Å². The number of nitrogens with two attached hydrogens (primary N) is 1. The molecule has 1 aromatic carbocycles. The van der Waals surface area contributed by atoms with Gasteiger partial charge in [-0.3, -0.25) is 14.9 Å². The second kappa shape index (κ2) is 6.23. The molecule has 2 N–H and O–H groups in total. The Morgan fingerprint density at radius 1 is 1.45 bits per heavy atom. The van der Waals surface area contributed by atoms with Crippen molar-refractivity contribution < 1.29 is 9.72 Å². The maximum absolute atomic E-state index is 12.5. The number of benzene rings is 1. The molecule has 0 bridgehead atoms. The molecule has 0 unspecified atom stereocenters. The van der Waals surface area contributed by atoms with Gasteiger partial charge in [0.2, 0.25) is 0 Å². The van der Waals surface area contributed by atoms with E-state index < -0.39 is 4.92 Å². The maximum Gasteiger partial charge on any atom is 0.282 e. The minimum atomic E-state index is -0.507. The molecular formula is C13H17N3O3S. The first-order valence-electron chi connectivity index (χ1n) is 6.40. The molecule has 0 radical (unpaired) electrons. The Morgan fingerprint density at radius 2 is 2.10 bits per heavy atom. The highest BCUT2D eigenvalue weighted by Crippen LogP contribution is 2.26. The van der Waals surface area contributed by atoms with Gasteiger partial charge >= 0.3 is 0 Å². The van der Waals surface area contributed by atoms with Gasteiger partial charge < -0.3 is 10.6 Å². The number of carbonyl (C=O) groups is 1. The van der Waals surface area contributed by atoms with Crippen LogP contribution in [0.25, 0.3) is 0 Å². The Kier molecular flexibility index (Phi) is 4.61. The lowest BCUT2D eigenvalue weighted by Crippen LogP contribution is -2.43. The number of hydrogen-bond donors (Lipinski definition) is 1. The molecule has 1 amide bonds. The second-order valence-electron chi connectivity index (χ2n) is 4.77. The number of nitrogens with zero attached hydrogens (tertiary/aromatic N) is 2. The number of likely N-dealkylation sites (tertiary alicyclic amines) is 1. The fraction of sp³-hybridized carbons (Fsp3) is 0.462. The normalized spacial score (nSPS) is 16.2. The maximum atomic E-state index is 12.5. The lowest BCUT2D eigenvalue weighted by atomic mass is 10.0. The first-order chi connectivity index (χ1) is 9.52. The summed E-state index contributed by atoms with van der Waals surface area (Å²) in [5, 5.41) is 11.1. The van der Waals surface area contributed by atoms with Gasteiger partial charge in [0, 0.05) is 30.1 Å². The Morgan fingerprint density at radius 3 is 2.65 bits per heavy atom. The Labute approximate surface area is 121 Å². The Bertz CT molecular complexity index is 528. The molecule has 1 heterocycles. The van der Waals surface area contributed by atoms with Crippen LogP contribution >= 0.6 is 11.8 Å². The highest BCUT2D eigenvalue weighted by molar-refractivity contribution is 7.98. The molecular weight excluding hydrogens is 278 g/mol. The third kappa shape index (κ3) is 3.10. The average Bonchev–Trinajstić information content (AvgIpc) is 2.46. The van der Waals surface area contributed by atoms with Crippen LogP contribution in [0.15, 0.2) is 23.1 Å². The van der Waals surface area contributed by atoms with Crippen molar-refractivity contribution in [3.8, 4) is 0 Å². The fourth-order valence-electron chi connectivity index (χ4n) is 2.25. The van der Waals surface area contributed by atoms with E-state index in [0.717, 1.165) is 17.7 Å². The van der Waals surface area contributed by atoms with Crippen LogP contribution in [0.3, 0.4) is 0 Å². The van der Waals surface area contributed by atoms with E-state index in [2.05, 4.69) is 0 Å². The number of hydrogen-bond acceptors (Lipinski definition) is 5. The van der Waals surface area contributed by atoms with Crippen LogP contribution in [0, 0.1) is 10.1 Å². The van der Waals surface area contributed by atoms with Gasteiger partial charge in [0.05, 0.1) is 4.92 Å². The summed E-state index contributed by atoms with van der Waals surface area (Å²) in [6.45, 7) is 1.11. The predicted octanol–water partition coefficient (Wildman–Crippen LogP) is 1.88. The van der Waals surface area contributed by atoms with Crippen molar-refractivity contribution in [2.24, 2.45) is 5.73 Å². The van der Waals surface area contributed by atoms with Gasteiger partial charge in [0.25, 0.3) is 11.6 Å². The summed E-state index contributed by atoms with van der Waals surface area (Å²) in [7, 11) is 0. The van der Waals surface area contributed by atoms with Crippen molar-refractivity contribution in [1.82, 2.24) is 4.90 Å². The van der Waals surface area contributed by atoms with Gasteiger partial charge in [-0.1, -0.05) is 0 Å². The third-order valence-electron chi connectivity index (χ3n) is 3.46. The molecule has 1 saturated heterocycles. The van der Waals surface area contributed by atoms with E-state index in [0.29, 0.717) is 13.1 Å². The van der Waals surface area contributed by atoms with E-state index in [1.54, 1.807) is 17.0 Å². The number of piperidine rings is 1. The highest BCUT2D eigenvalue weighted by atomic mass is 32.2. The molecule has 0 aromatic heterocycles. The summed E-state index contributed by atoms with van der Waals surface area (Å²) in [5.74, 6) is -0.278. The number of carbonyl (C=O) groups excluding carboxylic acids is 1. The molecule has 20 heavy (non-hydrogen) atoms. The zero-order chi connectivity index (χ0) is 14.7. The van der Waals surface area contributed by atoms with Crippen molar-refractivity contribution in [2.45, 2.75) is 23.8 Å². The monoisotopic (exact) mass is 295 g/mol. The third-order valence-corrected chi connectivity index (χ3v) is 4.18. The molecule has 2 rings (SSSR count). The van der Waals surface area contributed by atoms with E-state index in [1.165, 1.54) is 17.8 Å². The lowest BCUT2D eigenvalue weighted by molar-refractivity contribution is -0.385. The first-order valence-corrected chi connectivity index (χ1v) is 7.62. The smallest absolute Gasteiger partial charge is 0.282 e. The van der Waals surface area contributed by atoms with Gasteiger partial charge in [-0.2, -0.15) is 0 Å². The molecule has 1 aliphatic heterocycles. The number of nitro benzene ring substituents is 1. The molecule has 1 aliphatic rings. The van der Waals surface area contributed by atoms with Crippen LogP contribution in [0.4, 0.5) is 5.69 Å². The van der Waals surface area contributed by atoms with E-state index in [4.69, 9.17) is 5.73 Å². The van der Waals surface area contributed by atoms with Gasteiger partial charge in [0.15, 0.2) is 0 Å². The summed E-state index contributed by atoms with van der Waals surface area (Å²) >= 11 is 1.45. The van der Waals surface area contributed by atoms with Crippen molar-refractivity contribution in [3.05, 3.63) is 33.9 Å². The largest absolute Gasteiger partial charge is 0.338 e. The second-order valence-corrected chi connectivity index (χ2v) is 5.65. The summed E-state index contributed by atoms with van der Waals surface area (Å²) in [6, 6.07) is 4.77. The Balaban J connectivity index is 2.30. The molecule has 6 nitrogen and oxygen atoms in total. The summed E-state index contributed by atoms with van der Waals surface area (Å²) in [4.78, 5) is 25.5. The Hall–Kier alpha value is -1.60. The molecule has 0 spiro atoms. The van der Waals surface area contributed by atoms with Crippen LogP contribution in [-0.4, -0.2) is 41.1 Å². The van der Waals surface area contributed by atoms with E-state index in [-0.39, 0.29) is 23.2 Å². The van der Waals surface area contributed by atoms with Crippen LogP contribution < -0.4 is 5.73 Å². The quantitative estimate of drug-likeness (QED) is 0.522. The van der Waals surface area contributed by atoms with Crippen molar-refractivity contribution >= 4 is 23.4 Å². The standard InChI is InChI=1S/C13H17N3O3S/c1-20-10-2-3-12(16(18)19)11(8-10)13(17)15-6-4-9(14)5-7-15/h2-3,8-9H,4-7,14H2,1H3. The lowest BCUT2D eigenvalue weighted by Gasteiger charge is -2.30. The van der Waals surface area contributed by atoms with Gasteiger partial charge in [-0.05, 0) is 31.2 Å². The van der Waals surface area contributed by atoms with Crippen LogP contribution in [-0.2, 0) is 0 Å². The average molecular weight is 295 g/mol. The summed E-state index contributed by atoms with van der Waals surface area (Å²) in [5.41, 5.74) is 5.84. The summed E-state index contributed by atoms with van der Waals surface area (Å²) < 4.78 is 0. The van der Waals surface area contributed by atoms with Gasteiger partial charge in [-0.15, -0.1) is 11.8 Å². The number of nitro groups is 1. The zero-order valence-electron chi connectivity index (χ0n) is 11.2. The molecule has 108 valence electrons. The fourth-order valence-corrected chi connectivity index (χ4v) is 2.69. The minimum absolute atomic E-state index is 0.117. The van der Waals surface area contributed by atoms with Crippen LogP contribution in [0.5, 0.6) is 0 Å². The highest BCUT2D eigenvalue weighted by Gasteiger charge is 2.27. The van der Waals surface area contributed by atoms with Crippen LogP contribution in [0.2, 0.25) is 0 Å². The number of thioether (sulfide) groups is 1. The predicted molar refractivity (Wildman–Crippen MR) is 78.0 cm³/mol. The summed E-state index contributed by atoms with van der Waals surface area (Å²) in [6.07, 6.45) is 3.35. The van der Waals surface area contributed by atoms with Crippen LogP contribution in [0.1, 0.15) is 23.2 Å². The van der Waals surface area contributed by atoms with Crippen molar-refractivity contribution in [2.75, 3.05) is 19.3 Å². The zero-order valence-corrected chi connectivity index (χ0v) is 12.1. The van der Waals surface area contributed by atoms with E-state index >= 15 is 0 Å². The molecule has 1 aromatic rings. The molecule has 1 fully saturated rings. The minimum Gasteiger partial charge on any atom is -0.338 e. The van der Waals surface area contributed by atoms with Gasteiger partial charge in [0.1, 0.15) is 5.56 Å². The topological polar surface area (TPSA) is 89.5 Å². The first kappa shape index (κ1) is 14.8. The molecule has 0 atom stereocenters. The number of amides is 1.